The van der Waals surface area contributed by atoms with Gasteiger partial charge in [-0.3, -0.25) is 0 Å². The van der Waals surface area contributed by atoms with Gasteiger partial charge in [0.1, 0.15) is 5.75 Å². The number of hydrogen-bond donors (Lipinski definition) is 2. The Morgan fingerprint density at radius 2 is 1.44 bits per heavy atom. The summed E-state index contributed by atoms with van der Waals surface area (Å²) < 4.78 is 0. The van der Waals surface area contributed by atoms with Crippen molar-refractivity contribution < 1.29 is 5.11 Å². The summed E-state index contributed by atoms with van der Waals surface area (Å²) in [6, 6.07) is 12.1. The molecule has 0 unspecified atom stereocenters. The zero-order valence-corrected chi connectivity index (χ0v) is 9.76. The van der Waals surface area contributed by atoms with Crippen molar-refractivity contribution in [3.63, 3.8) is 0 Å². The van der Waals surface area contributed by atoms with Crippen LogP contribution in [-0.4, -0.2) is 5.11 Å². The van der Waals surface area contributed by atoms with Crippen LogP contribution in [0.3, 0.4) is 0 Å². The van der Waals surface area contributed by atoms with Crippen LogP contribution in [0.15, 0.2) is 42.5 Å². The molecule has 2 N–H and O–H groups in total. The lowest BCUT2D eigenvalue weighted by atomic mass is 10.2. The molecule has 16 heavy (non-hydrogen) atoms. The molecule has 82 valence electrons. The number of rotatable bonds is 2. The van der Waals surface area contributed by atoms with E-state index >= 15 is 0 Å². The first-order valence-corrected chi connectivity index (χ1v) is 5.42. The van der Waals surface area contributed by atoms with Crippen molar-refractivity contribution in [2.45, 2.75) is 0 Å². The highest BCUT2D eigenvalue weighted by atomic mass is 35.5. The van der Waals surface area contributed by atoms with Crippen molar-refractivity contribution in [1.29, 1.82) is 0 Å². The van der Waals surface area contributed by atoms with E-state index in [1.807, 2.05) is 6.07 Å². The van der Waals surface area contributed by atoms with Crippen molar-refractivity contribution >= 4 is 34.6 Å². The second-order valence-electron chi connectivity index (χ2n) is 3.30. The van der Waals surface area contributed by atoms with Crippen molar-refractivity contribution in [1.82, 2.24) is 0 Å². The Morgan fingerprint density at radius 3 is 2.06 bits per heavy atom. The third-order valence-electron chi connectivity index (χ3n) is 2.08. The van der Waals surface area contributed by atoms with Gasteiger partial charge in [0.25, 0.3) is 0 Å². The molecule has 2 rings (SSSR count). The zero-order chi connectivity index (χ0) is 11.5. The quantitative estimate of drug-likeness (QED) is 0.776. The van der Waals surface area contributed by atoms with Crippen LogP contribution in [-0.2, 0) is 0 Å². The van der Waals surface area contributed by atoms with E-state index in [0.717, 1.165) is 11.4 Å². The van der Waals surface area contributed by atoms with Crippen LogP contribution in [0.1, 0.15) is 0 Å². The van der Waals surface area contributed by atoms with Crippen LogP contribution in [0.25, 0.3) is 0 Å². The van der Waals surface area contributed by atoms with Gasteiger partial charge < -0.3 is 10.4 Å². The highest BCUT2D eigenvalue weighted by Crippen LogP contribution is 2.27. The zero-order valence-electron chi connectivity index (χ0n) is 8.24. The summed E-state index contributed by atoms with van der Waals surface area (Å²) in [4.78, 5) is 0. The molecular weight excluding hydrogens is 245 g/mol. The molecule has 2 aromatic carbocycles. The van der Waals surface area contributed by atoms with Gasteiger partial charge in [-0.05, 0) is 42.5 Å². The van der Waals surface area contributed by atoms with Crippen LogP contribution < -0.4 is 5.32 Å². The van der Waals surface area contributed by atoms with Gasteiger partial charge in [-0.15, -0.1) is 0 Å². The minimum Gasteiger partial charge on any atom is -0.508 e. The molecule has 0 heterocycles. The second-order valence-corrected chi connectivity index (χ2v) is 4.12. The molecule has 0 saturated heterocycles. The fourth-order valence-corrected chi connectivity index (χ4v) is 1.58. The number of phenols is 1. The first-order chi connectivity index (χ1) is 7.65. The Morgan fingerprint density at radius 1 is 0.812 bits per heavy atom. The van der Waals surface area contributed by atoms with E-state index in [4.69, 9.17) is 28.3 Å². The molecule has 2 nitrogen and oxygen atoms in total. The monoisotopic (exact) mass is 253 g/mol. The van der Waals surface area contributed by atoms with Gasteiger partial charge in [0.2, 0.25) is 0 Å². The average Bonchev–Trinajstić information content (AvgIpc) is 2.27. The van der Waals surface area contributed by atoms with E-state index in [-0.39, 0.29) is 5.75 Å². The highest BCUT2D eigenvalue weighted by Gasteiger charge is 1.99. The number of phenolic OH excluding ortho intramolecular Hbond substituents is 1. The Bertz CT molecular complexity index is 497. The van der Waals surface area contributed by atoms with E-state index < -0.39 is 0 Å². The largest absolute Gasteiger partial charge is 0.508 e. The molecular formula is C12H9Cl2NO. The Balaban J connectivity index is 2.20. The maximum absolute atomic E-state index is 9.14. The number of halogens is 2. The summed E-state index contributed by atoms with van der Waals surface area (Å²) in [6.45, 7) is 0. The average molecular weight is 254 g/mol. The molecule has 0 aliphatic rings. The van der Waals surface area contributed by atoms with E-state index in [1.165, 1.54) is 0 Å². The van der Waals surface area contributed by atoms with Gasteiger partial charge in [-0.25, -0.2) is 0 Å². The lowest BCUT2D eigenvalue weighted by Gasteiger charge is -2.07. The normalized spacial score (nSPS) is 10.1. The summed E-state index contributed by atoms with van der Waals surface area (Å²) in [5.41, 5.74) is 1.72. The van der Waals surface area contributed by atoms with E-state index in [2.05, 4.69) is 5.32 Å². The number of aromatic hydroxyl groups is 1. The van der Waals surface area contributed by atoms with Crippen molar-refractivity contribution in [3.05, 3.63) is 52.5 Å². The van der Waals surface area contributed by atoms with Gasteiger partial charge >= 0.3 is 0 Å². The van der Waals surface area contributed by atoms with Crippen molar-refractivity contribution in [2.24, 2.45) is 0 Å². The minimum absolute atomic E-state index is 0.236. The van der Waals surface area contributed by atoms with Crippen LogP contribution in [0.5, 0.6) is 5.75 Å². The summed E-state index contributed by atoms with van der Waals surface area (Å²) in [7, 11) is 0. The first-order valence-electron chi connectivity index (χ1n) is 4.66. The second kappa shape index (κ2) is 4.64. The van der Waals surface area contributed by atoms with Gasteiger partial charge in [-0.1, -0.05) is 23.2 Å². The molecule has 4 heteroatoms. The Hall–Kier alpha value is -1.38. The first kappa shape index (κ1) is 11.1. The minimum atomic E-state index is 0.236. The molecule has 0 radical (unpaired) electrons. The maximum atomic E-state index is 9.14. The fraction of sp³-hybridized carbons (Fsp3) is 0. The standard InChI is InChI=1S/C12H9Cl2NO/c13-11-6-3-9(7-12(11)14)15-8-1-4-10(16)5-2-8/h1-7,15-16H. The van der Waals surface area contributed by atoms with Crippen molar-refractivity contribution in [3.8, 4) is 5.75 Å². The van der Waals surface area contributed by atoms with E-state index in [1.54, 1.807) is 36.4 Å². The van der Waals surface area contributed by atoms with Crippen LogP contribution in [0.4, 0.5) is 11.4 Å². The van der Waals surface area contributed by atoms with Crippen molar-refractivity contribution in [2.75, 3.05) is 5.32 Å². The van der Waals surface area contributed by atoms with E-state index in [9.17, 15) is 0 Å². The molecule has 0 aromatic heterocycles. The maximum Gasteiger partial charge on any atom is 0.115 e. The molecule has 0 aliphatic carbocycles. The van der Waals surface area contributed by atoms with Crippen LogP contribution >= 0.6 is 23.2 Å². The van der Waals surface area contributed by atoms with E-state index in [0.29, 0.717) is 10.0 Å². The van der Waals surface area contributed by atoms with Gasteiger partial charge in [0.05, 0.1) is 10.0 Å². The number of hydrogen-bond acceptors (Lipinski definition) is 2. The molecule has 0 spiro atoms. The van der Waals surface area contributed by atoms with Gasteiger partial charge in [0, 0.05) is 11.4 Å². The summed E-state index contributed by atoms with van der Waals surface area (Å²) in [6.07, 6.45) is 0. The van der Waals surface area contributed by atoms with Gasteiger partial charge in [-0.2, -0.15) is 0 Å². The predicted octanol–water partition coefficient (Wildman–Crippen LogP) is 4.44. The van der Waals surface area contributed by atoms with Crippen LogP contribution in [0, 0.1) is 0 Å². The molecule has 0 amide bonds. The lowest BCUT2D eigenvalue weighted by Crippen LogP contribution is -1.89. The highest BCUT2D eigenvalue weighted by molar-refractivity contribution is 6.42. The fourth-order valence-electron chi connectivity index (χ4n) is 1.29. The lowest BCUT2D eigenvalue weighted by molar-refractivity contribution is 0.475. The Kier molecular flexibility index (Phi) is 3.22. The SMILES string of the molecule is Oc1ccc(Nc2ccc(Cl)c(Cl)c2)cc1. The number of nitrogens with one attached hydrogen (secondary N) is 1. The number of anilines is 2. The predicted molar refractivity (Wildman–Crippen MR) is 67.9 cm³/mol. The third kappa shape index (κ3) is 2.60. The Labute approximate surface area is 103 Å². The molecule has 0 fully saturated rings. The number of benzene rings is 2. The molecule has 0 atom stereocenters. The summed E-state index contributed by atoms with van der Waals surface area (Å²) >= 11 is 11.7. The third-order valence-corrected chi connectivity index (χ3v) is 2.81. The molecule has 0 saturated carbocycles. The topological polar surface area (TPSA) is 32.3 Å². The van der Waals surface area contributed by atoms with Crippen LogP contribution in [0.2, 0.25) is 10.0 Å². The summed E-state index contributed by atoms with van der Waals surface area (Å²) in [5, 5.41) is 13.3. The molecule has 0 bridgehead atoms. The summed E-state index contributed by atoms with van der Waals surface area (Å²) in [5.74, 6) is 0.236. The molecule has 0 aliphatic heterocycles. The smallest absolute Gasteiger partial charge is 0.115 e. The molecule has 2 aromatic rings. The van der Waals surface area contributed by atoms with Gasteiger partial charge in [0.15, 0.2) is 0 Å².